The SMILES string of the molecule is CC(C)(C)Cc1noc2ncc(C(=O)NC3=NCCS3)cc12. The summed E-state index contributed by atoms with van der Waals surface area (Å²) in [5.74, 6) is 0.708. The fourth-order valence-electron chi connectivity index (χ4n) is 2.21. The summed E-state index contributed by atoms with van der Waals surface area (Å²) in [6.45, 7) is 7.14. The van der Waals surface area contributed by atoms with Crippen LogP contribution in [0, 0.1) is 5.41 Å². The lowest BCUT2D eigenvalue weighted by Gasteiger charge is -2.15. The molecule has 1 aliphatic rings. The van der Waals surface area contributed by atoms with Crippen LogP contribution >= 0.6 is 11.8 Å². The Bertz CT molecular complexity index is 746. The Labute approximate surface area is 132 Å². The Hall–Kier alpha value is -1.89. The van der Waals surface area contributed by atoms with E-state index in [2.05, 4.69) is 41.2 Å². The topological polar surface area (TPSA) is 80.4 Å². The second-order valence-corrected chi connectivity index (χ2v) is 7.52. The molecule has 0 atom stereocenters. The molecule has 3 heterocycles. The second-order valence-electron chi connectivity index (χ2n) is 6.43. The maximum atomic E-state index is 12.3. The molecule has 3 rings (SSSR count). The largest absolute Gasteiger partial charge is 0.336 e. The van der Waals surface area contributed by atoms with Crippen LogP contribution in [0.5, 0.6) is 0 Å². The second kappa shape index (κ2) is 5.72. The molecule has 7 heteroatoms. The van der Waals surface area contributed by atoms with Crippen molar-refractivity contribution in [2.75, 3.05) is 12.3 Å². The Morgan fingerprint density at radius 1 is 1.45 bits per heavy atom. The number of pyridine rings is 1. The van der Waals surface area contributed by atoms with Gasteiger partial charge in [-0.05, 0) is 17.9 Å². The molecule has 6 nitrogen and oxygen atoms in total. The van der Waals surface area contributed by atoms with Crippen LogP contribution in [0.1, 0.15) is 36.8 Å². The van der Waals surface area contributed by atoms with Crippen molar-refractivity contribution in [3.8, 4) is 0 Å². The Balaban J connectivity index is 1.87. The summed E-state index contributed by atoms with van der Waals surface area (Å²) in [4.78, 5) is 20.7. The lowest BCUT2D eigenvalue weighted by atomic mass is 9.90. The van der Waals surface area contributed by atoms with E-state index in [9.17, 15) is 4.79 Å². The number of thioether (sulfide) groups is 1. The Kier molecular flexibility index (Phi) is 3.90. The van der Waals surface area contributed by atoms with E-state index in [0.717, 1.165) is 29.8 Å². The van der Waals surface area contributed by atoms with Gasteiger partial charge < -0.3 is 9.84 Å². The molecule has 22 heavy (non-hydrogen) atoms. The summed E-state index contributed by atoms with van der Waals surface area (Å²) in [5, 5.41) is 8.36. The zero-order chi connectivity index (χ0) is 15.7. The zero-order valence-electron chi connectivity index (χ0n) is 12.8. The van der Waals surface area contributed by atoms with Gasteiger partial charge >= 0.3 is 0 Å². The Morgan fingerprint density at radius 2 is 2.27 bits per heavy atom. The molecule has 0 aliphatic carbocycles. The predicted octanol–water partition coefficient (Wildman–Crippen LogP) is 2.64. The molecule has 0 fully saturated rings. The van der Waals surface area contributed by atoms with Gasteiger partial charge in [-0.3, -0.25) is 9.79 Å². The van der Waals surface area contributed by atoms with Crippen molar-refractivity contribution in [3.05, 3.63) is 23.5 Å². The molecule has 0 radical (unpaired) electrons. The van der Waals surface area contributed by atoms with E-state index in [1.807, 2.05) is 0 Å². The van der Waals surface area contributed by atoms with Crippen LogP contribution in [0.3, 0.4) is 0 Å². The zero-order valence-corrected chi connectivity index (χ0v) is 13.7. The molecule has 0 saturated heterocycles. The molecule has 2 aromatic rings. The number of nitrogens with zero attached hydrogens (tertiary/aromatic N) is 3. The highest BCUT2D eigenvalue weighted by molar-refractivity contribution is 8.14. The van der Waals surface area contributed by atoms with E-state index in [-0.39, 0.29) is 11.3 Å². The van der Waals surface area contributed by atoms with Gasteiger partial charge in [0.05, 0.1) is 23.2 Å². The molecule has 0 saturated carbocycles. The number of nitrogens with one attached hydrogen (secondary N) is 1. The van der Waals surface area contributed by atoms with Crippen molar-refractivity contribution in [1.82, 2.24) is 15.5 Å². The highest BCUT2D eigenvalue weighted by Gasteiger charge is 2.20. The van der Waals surface area contributed by atoms with Crippen molar-refractivity contribution in [1.29, 1.82) is 0 Å². The first kappa shape index (κ1) is 15.0. The monoisotopic (exact) mass is 318 g/mol. The van der Waals surface area contributed by atoms with Crippen LogP contribution < -0.4 is 5.32 Å². The summed E-state index contributed by atoms with van der Waals surface area (Å²) in [7, 11) is 0. The quantitative estimate of drug-likeness (QED) is 0.920. The third kappa shape index (κ3) is 3.30. The first-order chi connectivity index (χ1) is 10.4. The van der Waals surface area contributed by atoms with Gasteiger partial charge in [-0.15, -0.1) is 0 Å². The molecule has 1 aliphatic heterocycles. The molecule has 2 aromatic heterocycles. The number of rotatable bonds is 2. The van der Waals surface area contributed by atoms with Crippen molar-refractivity contribution in [2.24, 2.45) is 10.4 Å². The molecular formula is C15H18N4O2S. The number of fused-ring (bicyclic) bond motifs is 1. The number of carbonyl (C=O) groups is 1. The third-order valence-electron chi connectivity index (χ3n) is 3.17. The normalized spacial score (nSPS) is 15.1. The predicted molar refractivity (Wildman–Crippen MR) is 87.2 cm³/mol. The summed E-state index contributed by atoms with van der Waals surface area (Å²) in [6.07, 6.45) is 2.26. The maximum Gasteiger partial charge on any atom is 0.258 e. The number of hydrogen-bond acceptors (Lipinski definition) is 6. The Morgan fingerprint density at radius 3 is 2.95 bits per heavy atom. The maximum absolute atomic E-state index is 12.3. The number of amidine groups is 1. The average molecular weight is 318 g/mol. The number of aliphatic imine (C=N–C) groups is 1. The van der Waals surface area contributed by atoms with Gasteiger partial charge in [-0.2, -0.15) is 0 Å². The van der Waals surface area contributed by atoms with Gasteiger partial charge in [0, 0.05) is 11.9 Å². The van der Waals surface area contributed by atoms with Gasteiger partial charge in [0.1, 0.15) is 0 Å². The van der Waals surface area contributed by atoms with Crippen molar-refractivity contribution < 1.29 is 9.32 Å². The van der Waals surface area contributed by atoms with E-state index < -0.39 is 0 Å². The number of aromatic nitrogens is 2. The van der Waals surface area contributed by atoms with E-state index in [1.54, 1.807) is 17.8 Å². The summed E-state index contributed by atoms with van der Waals surface area (Å²) in [6, 6.07) is 1.79. The van der Waals surface area contributed by atoms with Crippen molar-refractivity contribution >= 4 is 33.9 Å². The average Bonchev–Trinajstić information content (AvgIpc) is 3.07. The lowest BCUT2D eigenvalue weighted by Crippen LogP contribution is -2.27. The van der Waals surface area contributed by atoms with Gasteiger partial charge in [0.25, 0.3) is 11.6 Å². The standard InChI is InChI=1S/C15H18N4O2S/c1-15(2,3)7-11-10-6-9(8-17-13(10)21-19-11)12(20)18-14-16-4-5-22-14/h6,8H,4-5,7H2,1-3H3,(H,16,18,20). The van der Waals surface area contributed by atoms with Crippen molar-refractivity contribution in [3.63, 3.8) is 0 Å². The molecule has 0 bridgehead atoms. The first-order valence-corrected chi connectivity index (χ1v) is 8.14. The summed E-state index contributed by atoms with van der Waals surface area (Å²) < 4.78 is 5.24. The van der Waals surface area contributed by atoms with Gasteiger partial charge in [0.2, 0.25) is 0 Å². The van der Waals surface area contributed by atoms with E-state index in [1.165, 1.54) is 6.20 Å². The summed E-state index contributed by atoms with van der Waals surface area (Å²) in [5.41, 5.74) is 1.86. The minimum atomic E-state index is -0.203. The molecule has 1 N–H and O–H groups in total. The first-order valence-electron chi connectivity index (χ1n) is 7.15. The van der Waals surface area contributed by atoms with E-state index in [0.29, 0.717) is 16.4 Å². The van der Waals surface area contributed by atoms with Crippen molar-refractivity contribution in [2.45, 2.75) is 27.2 Å². The summed E-state index contributed by atoms with van der Waals surface area (Å²) >= 11 is 1.55. The molecule has 1 amide bonds. The van der Waals surface area contributed by atoms with E-state index in [4.69, 9.17) is 4.52 Å². The third-order valence-corrected chi connectivity index (χ3v) is 4.06. The molecule has 0 spiro atoms. The van der Waals surface area contributed by atoms with Crippen LogP contribution in [-0.4, -0.2) is 33.5 Å². The highest BCUT2D eigenvalue weighted by atomic mass is 32.2. The van der Waals surface area contributed by atoms with E-state index >= 15 is 0 Å². The van der Waals surface area contributed by atoms with Gasteiger partial charge in [-0.25, -0.2) is 4.98 Å². The highest BCUT2D eigenvalue weighted by Crippen LogP contribution is 2.25. The lowest BCUT2D eigenvalue weighted by molar-refractivity contribution is 0.0978. The van der Waals surface area contributed by atoms with Crippen LogP contribution in [0.25, 0.3) is 11.1 Å². The van der Waals surface area contributed by atoms with Gasteiger partial charge in [-0.1, -0.05) is 37.7 Å². The fraction of sp³-hybridized carbons (Fsp3) is 0.467. The number of carbonyl (C=O) groups excluding carboxylic acids is 1. The minimum Gasteiger partial charge on any atom is -0.336 e. The van der Waals surface area contributed by atoms with Crippen LogP contribution in [-0.2, 0) is 6.42 Å². The minimum absolute atomic E-state index is 0.0806. The molecule has 116 valence electrons. The number of amides is 1. The van der Waals surface area contributed by atoms with Crippen LogP contribution in [0.2, 0.25) is 0 Å². The molecule has 0 aromatic carbocycles. The molecule has 0 unspecified atom stereocenters. The fourth-order valence-corrected chi connectivity index (χ4v) is 2.94. The smallest absolute Gasteiger partial charge is 0.258 e. The molecular weight excluding hydrogens is 300 g/mol. The van der Waals surface area contributed by atoms with Crippen LogP contribution in [0.15, 0.2) is 21.8 Å². The van der Waals surface area contributed by atoms with Gasteiger partial charge in [0.15, 0.2) is 5.17 Å². The van der Waals surface area contributed by atoms with Crippen LogP contribution in [0.4, 0.5) is 0 Å². The number of hydrogen-bond donors (Lipinski definition) is 1.